The minimum atomic E-state index is -1.08. The number of ketones is 1. The number of aromatic hydroxyl groups is 1. The summed E-state index contributed by atoms with van der Waals surface area (Å²) in [6.45, 7) is 0. The lowest BCUT2D eigenvalue weighted by Crippen LogP contribution is -2.06. The Morgan fingerprint density at radius 2 is 1.67 bits per heavy atom. The number of nitriles is 1. The van der Waals surface area contributed by atoms with Gasteiger partial charge in [-0.05, 0) is 36.1 Å². The molecule has 5 heteroatoms. The van der Waals surface area contributed by atoms with E-state index in [2.05, 4.69) is 0 Å². The molecule has 0 spiro atoms. The lowest BCUT2D eigenvalue weighted by atomic mass is 9.96. The first-order valence-corrected chi connectivity index (χ1v) is 7.56. The van der Waals surface area contributed by atoms with Gasteiger partial charge < -0.3 is 10.2 Å². The number of phenols is 1. The topological polar surface area (TPSA) is 98.4 Å². The molecule has 0 bridgehead atoms. The Morgan fingerprint density at radius 3 is 2.29 bits per heavy atom. The zero-order chi connectivity index (χ0) is 17.5. The molecular formula is C19H17NO4. The second kappa shape index (κ2) is 7.93. The fourth-order valence-corrected chi connectivity index (χ4v) is 2.42. The van der Waals surface area contributed by atoms with Crippen molar-refractivity contribution in [2.75, 3.05) is 0 Å². The Labute approximate surface area is 139 Å². The number of carbonyl (C=O) groups is 2. The molecule has 2 rings (SSSR count). The zero-order valence-corrected chi connectivity index (χ0v) is 13.0. The van der Waals surface area contributed by atoms with Crippen LogP contribution < -0.4 is 0 Å². The Balaban J connectivity index is 2.23. The number of phenolic OH excluding ortho intramolecular Hbond substituents is 1. The first kappa shape index (κ1) is 17.2. The van der Waals surface area contributed by atoms with Crippen LogP contribution in [0.2, 0.25) is 0 Å². The van der Waals surface area contributed by atoms with Gasteiger partial charge in [-0.3, -0.25) is 9.59 Å². The molecule has 5 nitrogen and oxygen atoms in total. The Bertz CT molecular complexity index is 791. The van der Waals surface area contributed by atoms with Crippen LogP contribution in [0.4, 0.5) is 0 Å². The molecule has 0 aromatic heterocycles. The smallest absolute Gasteiger partial charge is 0.303 e. The molecule has 122 valence electrons. The molecule has 0 atom stereocenters. The van der Waals surface area contributed by atoms with Crippen molar-refractivity contribution in [3.63, 3.8) is 0 Å². The maximum Gasteiger partial charge on any atom is 0.303 e. The molecule has 2 aromatic carbocycles. The fraction of sp³-hybridized carbons (Fsp3) is 0.211. The third-order valence-electron chi connectivity index (χ3n) is 3.70. The molecule has 0 aliphatic carbocycles. The number of hydrogen-bond donors (Lipinski definition) is 2. The summed E-state index contributed by atoms with van der Waals surface area (Å²) >= 11 is 0. The standard InChI is InChI=1S/C19H17NO4/c20-12-15-10-14(7-6-13-4-2-1-3-5-13)11-16(19(15)24)17(21)8-9-18(22)23/h1-5,10-11,24H,6-9H2,(H,22,23). The zero-order valence-electron chi connectivity index (χ0n) is 13.0. The molecule has 24 heavy (non-hydrogen) atoms. The minimum absolute atomic E-state index is 0.0124. The predicted octanol–water partition coefficient (Wildman–Crippen LogP) is 3.10. The van der Waals surface area contributed by atoms with Crippen LogP contribution in [-0.4, -0.2) is 22.0 Å². The van der Waals surface area contributed by atoms with Crippen molar-refractivity contribution < 1.29 is 19.8 Å². The number of hydrogen-bond acceptors (Lipinski definition) is 4. The average molecular weight is 323 g/mol. The number of carboxylic acids is 1. The number of aryl methyl sites for hydroxylation is 2. The summed E-state index contributed by atoms with van der Waals surface area (Å²) in [5.74, 6) is -1.94. The van der Waals surface area contributed by atoms with Crippen LogP contribution in [0.3, 0.4) is 0 Å². The van der Waals surface area contributed by atoms with Gasteiger partial charge in [0.05, 0.1) is 17.5 Å². The van der Waals surface area contributed by atoms with E-state index in [1.807, 2.05) is 36.4 Å². The second-order valence-electron chi connectivity index (χ2n) is 5.45. The Morgan fingerprint density at radius 1 is 1.00 bits per heavy atom. The van der Waals surface area contributed by atoms with E-state index in [0.717, 1.165) is 17.5 Å². The molecule has 0 aliphatic rings. The normalized spacial score (nSPS) is 10.1. The highest BCUT2D eigenvalue weighted by molar-refractivity contribution is 6.00. The first-order chi connectivity index (χ1) is 11.5. The number of rotatable bonds is 7. The molecule has 2 N–H and O–H groups in total. The summed E-state index contributed by atoms with van der Waals surface area (Å²) in [5.41, 5.74) is 1.92. The molecule has 0 heterocycles. The second-order valence-corrected chi connectivity index (χ2v) is 5.45. The summed E-state index contributed by atoms with van der Waals surface area (Å²) in [5, 5.41) is 27.9. The van der Waals surface area contributed by atoms with Gasteiger partial charge in [-0.2, -0.15) is 5.26 Å². The van der Waals surface area contributed by atoms with E-state index in [1.54, 1.807) is 12.1 Å². The van der Waals surface area contributed by atoms with E-state index in [4.69, 9.17) is 10.4 Å². The van der Waals surface area contributed by atoms with Crippen molar-refractivity contribution >= 4 is 11.8 Å². The van der Waals surface area contributed by atoms with Crippen LogP contribution in [0.15, 0.2) is 42.5 Å². The van der Waals surface area contributed by atoms with Crippen molar-refractivity contribution in [2.24, 2.45) is 0 Å². The van der Waals surface area contributed by atoms with Crippen LogP contribution in [0.5, 0.6) is 5.75 Å². The highest BCUT2D eigenvalue weighted by Crippen LogP contribution is 2.26. The van der Waals surface area contributed by atoms with E-state index in [9.17, 15) is 14.7 Å². The quantitative estimate of drug-likeness (QED) is 0.763. The van der Waals surface area contributed by atoms with E-state index in [-0.39, 0.29) is 29.7 Å². The van der Waals surface area contributed by atoms with E-state index >= 15 is 0 Å². The number of aliphatic carboxylic acids is 1. The SMILES string of the molecule is N#Cc1cc(CCc2ccccc2)cc(C(=O)CCC(=O)O)c1O. The summed E-state index contributed by atoms with van der Waals surface area (Å²) in [7, 11) is 0. The third-order valence-corrected chi connectivity index (χ3v) is 3.70. The van der Waals surface area contributed by atoms with Gasteiger partial charge in [-0.15, -0.1) is 0 Å². The number of benzene rings is 2. The van der Waals surface area contributed by atoms with E-state index < -0.39 is 11.8 Å². The number of nitrogens with zero attached hydrogens (tertiary/aromatic N) is 1. The van der Waals surface area contributed by atoms with Crippen LogP contribution in [0.25, 0.3) is 0 Å². The molecule has 0 fully saturated rings. The minimum Gasteiger partial charge on any atom is -0.506 e. The van der Waals surface area contributed by atoms with Gasteiger partial charge in [-0.25, -0.2) is 0 Å². The maximum absolute atomic E-state index is 12.1. The van der Waals surface area contributed by atoms with Crippen LogP contribution in [0.1, 0.15) is 39.9 Å². The first-order valence-electron chi connectivity index (χ1n) is 7.56. The summed E-state index contributed by atoms with van der Waals surface area (Å²) in [6, 6.07) is 14.8. The predicted molar refractivity (Wildman–Crippen MR) is 87.9 cm³/mol. The maximum atomic E-state index is 12.1. The van der Waals surface area contributed by atoms with Crippen molar-refractivity contribution in [3.05, 3.63) is 64.7 Å². The van der Waals surface area contributed by atoms with Crippen LogP contribution >= 0.6 is 0 Å². The molecule has 0 unspecified atom stereocenters. The molecule has 0 radical (unpaired) electrons. The van der Waals surface area contributed by atoms with Crippen molar-refractivity contribution in [1.82, 2.24) is 0 Å². The largest absolute Gasteiger partial charge is 0.506 e. The highest BCUT2D eigenvalue weighted by atomic mass is 16.4. The lowest BCUT2D eigenvalue weighted by Gasteiger charge is -2.09. The third kappa shape index (κ3) is 4.43. The van der Waals surface area contributed by atoms with Gasteiger partial charge in [0.1, 0.15) is 11.8 Å². The molecule has 2 aromatic rings. The molecule has 0 saturated heterocycles. The van der Waals surface area contributed by atoms with Gasteiger partial charge in [-0.1, -0.05) is 30.3 Å². The van der Waals surface area contributed by atoms with E-state index in [0.29, 0.717) is 6.42 Å². The van der Waals surface area contributed by atoms with Crippen LogP contribution in [0, 0.1) is 11.3 Å². The summed E-state index contributed by atoms with van der Waals surface area (Å²) in [4.78, 5) is 22.7. The number of Topliss-reactive ketones (excluding diaryl/α,β-unsaturated/α-hetero) is 1. The molecule has 0 amide bonds. The summed E-state index contributed by atoms with van der Waals surface area (Å²) < 4.78 is 0. The Kier molecular flexibility index (Phi) is 5.69. The Hall–Kier alpha value is -3.13. The molecule has 0 saturated carbocycles. The van der Waals surface area contributed by atoms with Gasteiger partial charge in [0.15, 0.2) is 5.78 Å². The highest BCUT2D eigenvalue weighted by Gasteiger charge is 2.17. The fourth-order valence-electron chi connectivity index (χ4n) is 2.42. The van der Waals surface area contributed by atoms with Gasteiger partial charge >= 0.3 is 5.97 Å². The van der Waals surface area contributed by atoms with Crippen molar-refractivity contribution in [1.29, 1.82) is 5.26 Å². The van der Waals surface area contributed by atoms with Crippen molar-refractivity contribution in [2.45, 2.75) is 25.7 Å². The lowest BCUT2D eigenvalue weighted by molar-refractivity contribution is -0.136. The van der Waals surface area contributed by atoms with Gasteiger partial charge in [0, 0.05) is 6.42 Å². The summed E-state index contributed by atoms with van der Waals surface area (Å²) in [6.07, 6.45) is 0.821. The van der Waals surface area contributed by atoms with Gasteiger partial charge in [0.2, 0.25) is 0 Å². The monoisotopic (exact) mass is 323 g/mol. The number of carboxylic acid groups (broad SMARTS) is 1. The average Bonchev–Trinajstić information content (AvgIpc) is 2.59. The molecule has 0 aliphatic heterocycles. The number of carbonyl (C=O) groups excluding carboxylic acids is 1. The van der Waals surface area contributed by atoms with Crippen LogP contribution in [-0.2, 0) is 17.6 Å². The van der Waals surface area contributed by atoms with Gasteiger partial charge in [0.25, 0.3) is 0 Å². The molecular weight excluding hydrogens is 306 g/mol. The van der Waals surface area contributed by atoms with Crippen molar-refractivity contribution in [3.8, 4) is 11.8 Å². The van der Waals surface area contributed by atoms with E-state index in [1.165, 1.54) is 0 Å².